The molecule has 0 unspecified atom stereocenters. The van der Waals surface area contributed by atoms with E-state index in [1.54, 1.807) is 16.4 Å². The summed E-state index contributed by atoms with van der Waals surface area (Å²) in [7, 11) is -3.46. The standard InChI is InChI=1S/C17H19N3O2S/c18-8-3-9-19-10-12-20(13-11-19)23(21,22)17-7-6-15-4-1-2-5-16(15)14-17/h1-2,4-7,14H,3,9-13H2. The van der Waals surface area contributed by atoms with Crippen LogP contribution in [0.3, 0.4) is 0 Å². The van der Waals surface area contributed by atoms with Gasteiger partial charge in [0.2, 0.25) is 10.0 Å². The Hall–Kier alpha value is -1.94. The molecule has 23 heavy (non-hydrogen) atoms. The van der Waals surface area contributed by atoms with Crippen LogP contribution in [-0.4, -0.2) is 50.3 Å². The van der Waals surface area contributed by atoms with Crippen LogP contribution in [0.1, 0.15) is 6.42 Å². The van der Waals surface area contributed by atoms with E-state index in [1.165, 1.54) is 0 Å². The lowest BCUT2D eigenvalue weighted by Gasteiger charge is -2.33. The molecule has 0 radical (unpaired) electrons. The number of nitriles is 1. The summed E-state index contributed by atoms with van der Waals surface area (Å²) in [5, 5.41) is 10.6. The quantitative estimate of drug-likeness (QED) is 0.861. The number of piperazine rings is 1. The van der Waals surface area contributed by atoms with Gasteiger partial charge in [0.25, 0.3) is 0 Å². The van der Waals surface area contributed by atoms with E-state index in [0.29, 0.717) is 44.0 Å². The summed E-state index contributed by atoms with van der Waals surface area (Å²) < 4.78 is 27.2. The number of sulfonamides is 1. The van der Waals surface area contributed by atoms with Crippen LogP contribution in [0.4, 0.5) is 0 Å². The van der Waals surface area contributed by atoms with Crippen molar-refractivity contribution in [3.8, 4) is 6.07 Å². The Bertz CT molecular complexity index is 834. The van der Waals surface area contributed by atoms with E-state index >= 15 is 0 Å². The van der Waals surface area contributed by atoms with Crippen LogP contribution in [0.15, 0.2) is 47.4 Å². The highest BCUT2D eigenvalue weighted by Crippen LogP contribution is 2.22. The van der Waals surface area contributed by atoms with Gasteiger partial charge in [-0.2, -0.15) is 9.57 Å². The third-order valence-corrected chi connectivity index (χ3v) is 6.12. The molecule has 2 aromatic rings. The van der Waals surface area contributed by atoms with Gasteiger partial charge in [0.1, 0.15) is 0 Å². The second kappa shape index (κ2) is 6.67. The number of nitrogens with zero attached hydrogens (tertiary/aromatic N) is 3. The van der Waals surface area contributed by atoms with E-state index in [4.69, 9.17) is 5.26 Å². The predicted octanol–water partition coefficient (Wildman–Crippen LogP) is 2.06. The fourth-order valence-electron chi connectivity index (χ4n) is 2.88. The summed E-state index contributed by atoms with van der Waals surface area (Å²) in [5.74, 6) is 0. The summed E-state index contributed by atoms with van der Waals surface area (Å²) in [6.07, 6.45) is 0.484. The number of rotatable bonds is 4. The second-order valence-electron chi connectivity index (χ2n) is 5.66. The molecule has 1 fully saturated rings. The van der Waals surface area contributed by atoms with E-state index < -0.39 is 10.0 Å². The van der Waals surface area contributed by atoms with Gasteiger partial charge in [0.05, 0.1) is 11.0 Å². The van der Waals surface area contributed by atoms with E-state index in [0.717, 1.165) is 10.8 Å². The summed E-state index contributed by atoms with van der Waals surface area (Å²) in [6.45, 7) is 3.00. The predicted molar refractivity (Wildman–Crippen MR) is 89.4 cm³/mol. The van der Waals surface area contributed by atoms with Gasteiger partial charge in [0, 0.05) is 39.1 Å². The zero-order valence-corrected chi connectivity index (χ0v) is 13.7. The lowest BCUT2D eigenvalue weighted by atomic mass is 10.1. The molecule has 1 aliphatic heterocycles. The highest BCUT2D eigenvalue weighted by atomic mass is 32.2. The maximum Gasteiger partial charge on any atom is 0.243 e. The van der Waals surface area contributed by atoms with Crippen molar-refractivity contribution in [1.29, 1.82) is 5.26 Å². The van der Waals surface area contributed by atoms with Crippen LogP contribution < -0.4 is 0 Å². The van der Waals surface area contributed by atoms with Crippen LogP contribution >= 0.6 is 0 Å². The maximum atomic E-state index is 12.8. The molecule has 0 saturated carbocycles. The molecule has 5 nitrogen and oxygen atoms in total. The molecule has 1 saturated heterocycles. The Morgan fingerprint density at radius 1 is 1.00 bits per heavy atom. The topological polar surface area (TPSA) is 64.4 Å². The molecule has 0 amide bonds. The Morgan fingerprint density at radius 3 is 2.39 bits per heavy atom. The Kier molecular flexibility index (Phi) is 4.62. The molecule has 0 bridgehead atoms. The van der Waals surface area contributed by atoms with Crippen LogP contribution in [0, 0.1) is 11.3 Å². The van der Waals surface area contributed by atoms with E-state index in [1.807, 2.05) is 30.3 Å². The molecule has 0 atom stereocenters. The summed E-state index contributed by atoms with van der Waals surface area (Å²) >= 11 is 0. The van der Waals surface area contributed by atoms with Gasteiger partial charge in [0.15, 0.2) is 0 Å². The van der Waals surface area contributed by atoms with Crippen molar-refractivity contribution in [2.75, 3.05) is 32.7 Å². The molecule has 1 heterocycles. The Balaban J connectivity index is 1.77. The number of hydrogen-bond donors (Lipinski definition) is 0. The monoisotopic (exact) mass is 329 g/mol. The molecule has 0 aromatic heterocycles. The molecule has 0 N–H and O–H groups in total. The first-order valence-electron chi connectivity index (χ1n) is 7.69. The van der Waals surface area contributed by atoms with Gasteiger partial charge in [-0.05, 0) is 22.9 Å². The summed E-state index contributed by atoms with van der Waals surface area (Å²) in [4.78, 5) is 2.48. The molecule has 2 aromatic carbocycles. The van der Waals surface area contributed by atoms with Crippen molar-refractivity contribution in [3.63, 3.8) is 0 Å². The normalized spacial score (nSPS) is 17.2. The minimum atomic E-state index is -3.46. The first kappa shape index (κ1) is 15.9. The Morgan fingerprint density at radius 2 is 1.70 bits per heavy atom. The fourth-order valence-corrected chi connectivity index (χ4v) is 4.34. The largest absolute Gasteiger partial charge is 0.300 e. The van der Waals surface area contributed by atoms with Crippen molar-refractivity contribution in [3.05, 3.63) is 42.5 Å². The zero-order chi connectivity index (χ0) is 16.3. The molecule has 0 aliphatic carbocycles. The van der Waals surface area contributed by atoms with Gasteiger partial charge in [-0.25, -0.2) is 8.42 Å². The first-order valence-corrected chi connectivity index (χ1v) is 9.13. The Labute approximate surface area is 136 Å². The lowest BCUT2D eigenvalue weighted by molar-refractivity contribution is 0.191. The lowest BCUT2D eigenvalue weighted by Crippen LogP contribution is -2.48. The van der Waals surface area contributed by atoms with Crippen LogP contribution in [-0.2, 0) is 10.0 Å². The number of fused-ring (bicyclic) bond motifs is 1. The van der Waals surface area contributed by atoms with Crippen molar-refractivity contribution in [2.45, 2.75) is 11.3 Å². The van der Waals surface area contributed by atoms with Crippen LogP contribution in [0.25, 0.3) is 10.8 Å². The molecule has 1 aliphatic rings. The zero-order valence-electron chi connectivity index (χ0n) is 12.9. The maximum absolute atomic E-state index is 12.8. The number of hydrogen-bond acceptors (Lipinski definition) is 4. The third kappa shape index (κ3) is 3.37. The molecule has 120 valence electrons. The minimum Gasteiger partial charge on any atom is -0.300 e. The highest BCUT2D eigenvalue weighted by molar-refractivity contribution is 7.89. The summed E-state index contributed by atoms with van der Waals surface area (Å²) in [5.41, 5.74) is 0. The van der Waals surface area contributed by atoms with Gasteiger partial charge in [-0.3, -0.25) is 4.90 Å². The van der Waals surface area contributed by atoms with Gasteiger partial charge >= 0.3 is 0 Å². The van der Waals surface area contributed by atoms with E-state index in [-0.39, 0.29) is 0 Å². The minimum absolute atomic E-state index is 0.349. The van der Waals surface area contributed by atoms with Crippen molar-refractivity contribution in [2.24, 2.45) is 0 Å². The average molecular weight is 329 g/mol. The van der Waals surface area contributed by atoms with Crippen molar-refractivity contribution in [1.82, 2.24) is 9.21 Å². The van der Waals surface area contributed by atoms with Crippen molar-refractivity contribution < 1.29 is 8.42 Å². The van der Waals surface area contributed by atoms with Crippen molar-refractivity contribution >= 4 is 20.8 Å². The third-order valence-electron chi connectivity index (χ3n) is 4.23. The second-order valence-corrected chi connectivity index (χ2v) is 7.60. The average Bonchev–Trinajstić information content (AvgIpc) is 2.60. The van der Waals surface area contributed by atoms with Gasteiger partial charge < -0.3 is 0 Å². The molecular formula is C17H19N3O2S. The van der Waals surface area contributed by atoms with Crippen LogP contribution in [0.2, 0.25) is 0 Å². The fraction of sp³-hybridized carbons (Fsp3) is 0.353. The van der Waals surface area contributed by atoms with E-state index in [9.17, 15) is 8.42 Å². The van der Waals surface area contributed by atoms with Gasteiger partial charge in [-0.1, -0.05) is 30.3 Å². The molecule has 6 heteroatoms. The SMILES string of the molecule is N#CCCN1CCN(S(=O)(=O)c2ccc3ccccc3c2)CC1. The highest BCUT2D eigenvalue weighted by Gasteiger charge is 2.28. The van der Waals surface area contributed by atoms with Gasteiger partial charge in [-0.15, -0.1) is 0 Å². The molecule has 3 rings (SSSR count). The van der Waals surface area contributed by atoms with Crippen LogP contribution in [0.5, 0.6) is 0 Å². The number of benzene rings is 2. The summed E-state index contributed by atoms with van der Waals surface area (Å²) in [6, 6.07) is 15.1. The first-order chi connectivity index (χ1) is 11.1. The molecular weight excluding hydrogens is 310 g/mol. The van der Waals surface area contributed by atoms with E-state index in [2.05, 4.69) is 11.0 Å². The smallest absolute Gasteiger partial charge is 0.243 e. The molecule has 0 spiro atoms.